The number of aromatic nitrogens is 2. The zero-order valence-electron chi connectivity index (χ0n) is 11.4. The van der Waals surface area contributed by atoms with Gasteiger partial charge in [0.05, 0.1) is 12.4 Å². The zero-order valence-corrected chi connectivity index (χ0v) is 12.1. The summed E-state index contributed by atoms with van der Waals surface area (Å²) in [7, 11) is 0. The maximum atomic E-state index is 12.3. The average molecular weight is 297 g/mol. The Balaban J connectivity index is 2.03. The van der Waals surface area contributed by atoms with Crippen molar-refractivity contribution in [1.29, 1.82) is 0 Å². The van der Waals surface area contributed by atoms with Gasteiger partial charge in [0.25, 0.3) is 5.91 Å². The van der Waals surface area contributed by atoms with Gasteiger partial charge in [0.15, 0.2) is 0 Å². The van der Waals surface area contributed by atoms with Crippen LogP contribution in [0.3, 0.4) is 0 Å². The third-order valence-corrected chi connectivity index (χ3v) is 3.44. The molecule has 0 aliphatic carbocycles. The number of carbonyl (C=O) groups excluding carboxylic acids is 2. The van der Waals surface area contributed by atoms with Gasteiger partial charge in [-0.25, -0.2) is 4.98 Å². The molecule has 0 atom stereocenters. The summed E-state index contributed by atoms with van der Waals surface area (Å²) < 4.78 is 0. The molecule has 1 aromatic heterocycles. The first kappa shape index (κ1) is 14.7. The van der Waals surface area contributed by atoms with Crippen LogP contribution >= 0.6 is 11.6 Å². The van der Waals surface area contributed by atoms with E-state index in [4.69, 9.17) is 11.6 Å². The van der Waals surface area contributed by atoms with E-state index in [9.17, 15) is 9.59 Å². The van der Waals surface area contributed by atoms with Crippen LogP contribution < -0.4 is 0 Å². The highest BCUT2D eigenvalue weighted by Gasteiger charge is 2.23. The summed E-state index contributed by atoms with van der Waals surface area (Å²) in [4.78, 5) is 35.4. The van der Waals surface area contributed by atoms with Gasteiger partial charge < -0.3 is 9.80 Å². The second-order valence-electron chi connectivity index (χ2n) is 4.61. The molecule has 2 rings (SSSR count). The Morgan fingerprint density at radius 3 is 2.60 bits per heavy atom. The van der Waals surface area contributed by atoms with E-state index in [1.54, 1.807) is 9.80 Å². The highest BCUT2D eigenvalue weighted by atomic mass is 35.5. The van der Waals surface area contributed by atoms with Crippen LogP contribution in [0.5, 0.6) is 0 Å². The molecule has 0 bridgehead atoms. The molecule has 1 aromatic rings. The van der Waals surface area contributed by atoms with E-state index >= 15 is 0 Å². The minimum absolute atomic E-state index is 0.127. The van der Waals surface area contributed by atoms with Gasteiger partial charge in [0.2, 0.25) is 5.91 Å². The van der Waals surface area contributed by atoms with Crippen molar-refractivity contribution in [2.24, 2.45) is 0 Å². The molecule has 0 saturated carbocycles. The van der Waals surface area contributed by atoms with E-state index < -0.39 is 0 Å². The van der Waals surface area contributed by atoms with Gasteiger partial charge in [-0.05, 0) is 6.42 Å². The molecule has 0 aromatic carbocycles. The predicted octanol–water partition coefficient (Wildman–Crippen LogP) is 1.21. The van der Waals surface area contributed by atoms with Crippen LogP contribution in [0.2, 0.25) is 5.15 Å². The Morgan fingerprint density at radius 1 is 1.20 bits per heavy atom. The second kappa shape index (κ2) is 6.65. The third-order valence-electron chi connectivity index (χ3n) is 3.26. The molecule has 2 amide bonds. The van der Waals surface area contributed by atoms with E-state index in [2.05, 4.69) is 9.97 Å². The van der Waals surface area contributed by atoms with Crippen LogP contribution in [-0.2, 0) is 4.79 Å². The Morgan fingerprint density at radius 2 is 1.90 bits per heavy atom. The lowest BCUT2D eigenvalue weighted by Crippen LogP contribution is -2.37. The Labute approximate surface area is 122 Å². The largest absolute Gasteiger partial charge is 0.341 e. The van der Waals surface area contributed by atoms with Crippen LogP contribution in [0, 0.1) is 0 Å². The van der Waals surface area contributed by atoms with Crippen molar-refractivity contribution in [3.8, 4) is 0 Å². The Bertz CT molecular complexity index is 509. The first-order valence-corrected chi connectivity index (χ1v) is 7.04. The van der Waals surface area contributed by atoms with Gasteiger partial charge in [0, 0.05) is 32.6 Å². The van der Waals surface area contributed by atoms with Gasteiger partial charge in [0.1, 0.15) is 10.8 Å². The molecule has 1 saturated heterocycles. The second-order valence-corrected chi connectivity index (χ2v) is 4.99. The van der Waals surface area contributed by atoms with Crippen molar-refractivity contribution in [2.75, 3.05) is 26.2 Å². The van der Waals surface area contributed by atoms with Crippen molar-refractivity contribution in [1.82, 2.24) is 19.8 Å². The topological polar surface area (TPSA) is 66.4 Å². The monoisotopic (exact) mass is 296 g/mol. The van der Waals surface area contributed by atoms with E-state index in [1.165, 1.54) is 12.4 Å². The number of carbonyl (C=O) groups is 2. The number of hydrogen-bond acceptors (Lipinski definition) is 4. The molecular formula is C13H17ClN4O2. The van der Waals surface area contributed by atoms with Crippen LogP contribution in [-0.4, -0.2) is 57.8 Å². The summed E-state index contributed by atoms with van der Waals surface area (Å²) in [6.45, 7) is 4.22. The first-order chi connectivity index (χ1) is 9.61. The quantitative estimate of drug-likeness (QED) is 0.823. The highest BCUT2D eigenvalue weighted by Crippen LogP contribution is 2.10. The molecule has 1 aliphatic heterocycles. The van der Waals surface area contributed by atoms with E-state index in [-0.39, 0.29) is 22.7 Å². The van der Waals surface area contributed by atoms with E-state index in [0.717, 1.165) is 6.42 Å². The normalized spacial score (nSPS) is 15.9. The summed E-state index contributed by atoms with van der Waals surface area (Å²) in [5.41, 5.74) is 0.243. The number of rotatable bonds is 2. The molecular weight excluding hydrogens is 280 g/mol. The molecule has 0 spiro atoms. The molecule has 2 heterocycles. The van der Waals surface area contributed by atoms with Gasteiger partial charge >= 0.3 is 0 Å². The van der Waals surface area contributed by atoms with Crippen LogP contribution in [0.1, 0.15) is 30.3 Å². The number of amides is 2. The number of halogens is 1. The minimum Gasteiger partial charge on any atom is -0.341 e. The number of hydrogen-bond donors (Lipinski definition) is 0. The fourth-order valence-corrected chi connectivity index (χ4v) is 2.35. The first-order valence-electron chi connectivity index (χ1n) is 6.66. The average Bonchev–Trinajstić information content (AvgIpc) is 2.71. The molecule has 6 nitrogen and oxygen atoms in total. The van der Waals surface area contributed by atoms with Gasteiger partial charge in [-0.15, -0.1) is 0 Å². The summed E-state index contributed by atoms with van der Waals surface area (Å²) in [6, 6.07) is 0. The molecule has 0 radical (unpaired) electrons. The molecule has 20 heavy (non-hydrogen) atoms. The van der Waals surface area contributed by atoms with Crippen molar-refractivity contribution in [3.63, 3.8) is 0 Å². The predicted molar refractivity (Wildman–Crippen MR) is 74.4 cm³/mol. The maximum absolute atomic E-state index is 12.3. The molecule has 0 unspecified atom stereocenters. The molecule has 7 heteroatoms. The number of nitrogens with zero attached hydrogens (tertiary/aromatic N) is 4. The minimum atomic E-state index is -0.189. The fraction of sp³-hybridized carbons (Fsp3) is 0.538. The van der Waals surface area contributed by atoms with Crippen LogP contribution in [0.25, 0.3) is 0 Å². The summed E-state index contributed by atoms with van der Waals surface area (Å²) in [6.07, 6.45) is 4.07. The highest BCUT2D eigenvalue weighted by molar-refractivity contribution is 6.29. The molecule has 1 aliphatic rings. The smallest absolute Gasteiger partial charge is 0.274 e. The summed E-state index contributed by atoms with van der Waals surface area (Å²) in [5.74, 6) is -0.0624. The van der Waals surface area contributed by atoms with Crippen LogP contribution in [0.15, 0.2) is 12.4 Å². The van der Waals surface area contributed by atoms with Crippen molar-refractivity contribution in [2.45, 2.75) is 19.8 Å². The van der Waals surface area contributed by atoms with Crippen molar-refractivity contribution < 1.29 is 9.59 Å². The summed E-state index contributed by atoms with van der Waals surface area (Å²) >= 11 is 5.75. The van der Waals surface area contributed by atoms with E-state index in [0.29, 0.717) is 32.6 Å². The van der Waals surface area contributed by atoms with Crippen LogP contribution in [0.4, 0.5) is 0 Å². The lowest BCUT2D eigenvalue weighted by molar-refractivity contribution is -0.130. The fourth-order valence-electron chi connectivity index (χ4n) is 2.20. The van der Waals surface area contributed by atoms with Crippen molar-refractivity contribution >= 4 is 23.4 Å². The SMILES string of the molecule is CCC(=O)N1CCCN(C(=O)c2cncc(Cl)n2)CC1. The molecule has 0 N–H and O–H groups in total. The third kappa shape index (κ3) is 3.45. The molecule has 1 fully saturated rings. The van der Waals surface area contributed by atoms with E-state index in [1.807, 2.05) is 6.92 Å². The van der Waals surface area contributed by atoms with Gasteiger partial charge in [-0.1, -0.05) is 18.5 Å². The lowest BCUT2D eigenvalue weighted by atomic mass is 10.3. The van der Waals surface area contributed by atoms with Gasteiger partial charge in [-0.2, -0.15) is 0 Å². The van der Waals surface area contributed by atoms with Crippen molar-refractivity contribution in [3.05, 3.63) is 23.2 Å². The Hall–Kier alpha value is -1.69. The lowest BCUT2D eigenvalue weighted by Gasteiger charge is -2.21. The maximum Gasteiger partial charge on any atom is 0.274 e. The summed E-state index contributed by atoms with van der Waals surface area (Å²) in [5, 5.41) is 0.202. The van der Waals surface area contributed by atoms with Gasteiger partial charge in [-0.3, -0.25) is 14.6 Å². The zero-order chi connectivity index (χ0) is 14.5. The molecule has 108 valence electrons. The Kier molecular flexibility index (Phi) is 4.89. The standard InChI is InChI=1S/C13H17ClN4O2/c1-2-12(19)17-4-3-5-18(7-6-17)13(20)10-8-15-9-11(14)16-10/h8-9H,2-7H2,1H3.